The van der Waals surface area contributed by atoms with Crippen LogP contribution in [0.3, 0.4) is 0 Å². The third-order valence-corrected chi connectivity index (χ3v) is 8.61. The second-order valence-electron chi connectivity index (χ2n) is 10.0. The number of rotatable bonds is 10. The third kappa shape index (κ3) is 6.12. The van der Waals surface area contributed by atoms with Crippen LogP contribution in [0.4, 0.5) is 14.5 Å². The summed E-state index contributed by atoms with van der Waals surface area (Å²) in [5, 5.41) is 6.22. The molecule has 5 rings (SSSR count). The topological polar surface area (TPSA) is 71.1 Å². The first-order chi connectivity index (χ1) is 16.9. The number of nitrogens with zero attached hydrogens (tertiary/aromatic N) is 1. The number of thiocarbonyl (C=S) groups is 1. The maximum atomic E-state index is 13.2. The summed E-state index contributed by atoms with van der Waals surface area (Å²) in [5.41, 5.74) is 2.15. The van der Waals surface area contributed by atoms with E-state index in [1.165, 1.54) is 30.0 Å². The van der Waals surface area contributed by atoms with Gasteiger partial charge in [0.1, 0.15) is 11.5 Å². The second-order valence-corrected chi connectivity index (χ2v) is 11.7. The molecule has 2 aromatic heterocycles. The van der Waals surface area contributed by atoms with Crippen molar-refractivity contribution >= 4 is 45.9 Å². The number of thiophene rings is 1. The molecule has 2 N–H and O–H groups in total. The Bertz CT molecular complexity index is 1120. The first kappa shape index (κ1) is 24.4. The molecule has 0 spiro atoms. The van der Waals surface area contributed by atoms with Crippen LogP contribution in [0.25, 0.3) is 0 Å². The summed E-state index contributed by atoms with van der Waals surface area (Å²) in [6.45, 7) is 0.704. The summed E-state index contributed by atoms with van der Waals surface area (Å²) in [6.07, 6.45) is 6.64. The van der Waals surface area contributed by atoms with Crippen LogP contribution in [0.1, 0.15) is 76.3 Å². The van der Waals surface area contributed by atoms with Gasteiger partial charge in [0, 0.05) is 35.1 Å². The predicted molar refractivity (Wildman–Crippen MR) is 136 cm³/mol. The lowest BCUT2D eigenvalue weighted by atomic mass is 9.83. The zero-order chi connectivity index (χ0) is 24.5. The van der Waals surface area contributed by atoms with Gasteiger partial charge in [-0.05, 0) is 74.5 Å². The summed E-state index contributed by atoms with van der Waals surface area (Å²) in [5.74, 6) is 1.25. The number of anilines is 1. The number of fused-ring (bicyclic) bond motifs is 1. The average Bonchev–Trinajstić information content (AvgIpc) is 3.74. The fourth-order valence-electron chi connectivity index (χ4n) is 4.71. The molecule has 9 heteroatoms. The van der Waals surface area contributed by atoms with Crippen LogP contribution in [-0.4, -0.2) is 28.2 Å². The minimum Gasteiger partial charge on any atom is -0.352 e. The van der Waals surface area contributed by atoms with Gasteiger partial charge in [0.05, 0.1) is 22.4 Å². The third-order valence-electron chi connectivity index (χ3n) is 7.05. The van der Waals surface area contributed by atoms with Gasteiger partial charge in [-0.25, -0.2) is 8.78 Å². The van der Waals surface area contributed by atoms with Crippen molar-refractivity contribution in [1.82, 2.24) is 10.3 Å². The van der Waals surface area contributed by atoms with Gasteiger partial charge in [0.2, 0.25) is 0 Å². The number of hydrogen-bond donors (Lipinski definition) is 2. The highest BCUT2D eigenvalue weighted by Crippen LogP contribution is 2.40. The van der Waals surface area contributed by atoms with E-state index >= 15 is 0 Å². The number of Topliss-reactive ketones (excluding diaryl/α,β-unsaturated/α-hetero) is 1. The fraction of sp³-hybridized carbons (Fsp3) is 0.538. The smallest absolute Gasteiger partial charge is 0.280 e. The molecule has 3 aliphatic rings. The highest BCUT2D eigenvalue weighted by molar-refractivity contribution is 7.80. The van der Waals surface area contributed by atoms with Crippen molar-refractivity contribution in [3.05, 3.63) is 44.9 Å². The SMILES string of the molecule is O=C(NCC1CC1)c1c(CC(=O)C2CC2)sc2c1C[C@@H](CC(=S)Nc1ccc(C(F)F)nc1)CC2. The van der Waals surface area contributed by atoms with Crippen LogP contribution < -0.4 is 10.6 Å². The fourth-order valence-corrected chi connectivity index (χ4v) is 6.42. The number of amides is 1. The number of halogens is 2. The number of carbonyl (C=O) groups is 2. The van der Waals surface area contributed by atoms with E-state index < -0.39 is 6.43 Å². The Balaban J connectivity index is 1.27. The molecule has 5 nitrogen and oxygen atoms in total. The van der Waals surface area contributed by atoms with E-state index in [0.717, 1.165) is 48.1 Å². The molecule has 35 heavy (non-hydrogen) atoms. The van der Waals surface area contributed by atoms with Gasteiger partial charge in [-0.2, -0.15) is 0 Å². The minimum absolute atomic E-state index is 0.0421. The van der Waals surface area contributed by atoms with E-state index in [9.17, 15) is 18.4 Å². The summed E-state index contributed by atoms with van der Waals surface area (Å²) in [7, 11) is 0. The Hall–Kier alpha value is -2.26. The molecule has 2 saturated carbocycles. The van der Waals surface area contributed by atoms with E-state index in [4.69, 9.17) is 12.2 Å². The van der Waals surface area contributed by atoms with Crippen LogP contribution >= 0.6 is 23.6 Å². The lowest BCUT2D eigenvalue weighted by Crippen LogP contribution is -2.28. The van der Waals surface area contributed by atoms with Crippen molar-refractivity contribution in [2.45, 2.75) is 64.2 Å². The number of carbonyl (C=O) groups excluding carboxylic acids is 2. The Morgan fingerprint density at radius 2 is 1.94 bits per heavy atom. The molecular formula is C26H29F2N3O2S2. The van der Waals surface area contributed by atoms with Crippen molar-refractivity contribution in [3.63, 3.8) is 0 Å². The first-order valence-electron chi connectivity index (χ1n) is 12.4. The Kier molecular flexibility index (Phi) is 7.25. The Morgan fingerprint density at radius 1 is 1.14 bits per heavy atom. The van der Waals surface area contributed by atoms with Crippen LogP contribution in [0, 0.1) is 17.8 Å². The average molecular weight is 518 g/mol. The van der Waals surface area contributed by atoms with Gasteiger partial charge >= 0.3 is 0 Å². The van der Waals surface area contributed by atoms with E-state index in [1.807, 2.05) is 0 Å². The number of hydrogen-bond acceptors (Lipinski definition) is 5. The number of aryl methyl sites for hydroxylation is 1. The lowest BCUT2D eigenvalue weighted by Gasteiger charge is -2.24. The van der Waals surface area contributed by atoms with E-state index in [-0.39, 0.29) is 29.2 Å². The lowest BCUT2D eigenvalue weighted by molar-refractivity contribution is -0.119. The zero-order valence-corrected chi connectivity index (χ0v) is 21.1. The summed E-state index contributed by atoms with van der Waals surface area (Å²) < 4.78 is 25.5. The van der Waals surface area contributed by atoms with Gasteiger partial charge in [0.15, 0.2) is 0 Å². The summed E-state index contributed by atoms with van der Waals surface area (Å²) >= 11 is 7.19. The number of alkyl halides is 2. The van der Waals surface area contributed by atoms with Gasteiger partial charge < -0.3 is 10.6 Å². The zero-order valence-electron chi connectivity index (χ0n) is 19.4. The summed E-state index contributed by atoms with van der Waals surface area (Å²) in [4.78, 5) is 32.4. The molecule has 186 valence electrons. The maximum Gasteiger partial charge on any atom is 0.280 e. The molecule has 2 fully saturated rings. The van der Waals surface area contributed by atoms with Crippen LogP contribution in [0.15, 0.2) is 18.3 Å². The normalized spacial score (nSPS) is 19.3. The van der Waals surface area contributed by atoms with Gasteiger partial charge in [0.25, 0.3) is 12.3 Å². The molecule has 0 aromatic carbocycles. The van der Waals surface area contributed by atoms with E-state index in [1.54, 1.807) is 17.4 Å². The van der Waals surface area contributed by atoms with Crippen molar-refractivity contribution in [1.29, 1.82) is 0 Å². The highest BCUT2D eigenvalue weighted by atomic mass is 32.1. The molecule has 0 bridgehead atoms. The quantitative estimate of drug-likeness (QED) is 0.397. The number of pyridine rings is 1. The monoisotopic (exact) mass is 517 g/mol. The molecule has 0 unspecified atom stereocenters. The number of nitrogens with one attached hydrogen (secondary N) is 2. The van der Waals surface area contributed by atoms with Gasteiger partial charge in [-0.3, -0.25) is 14.6 Å². The Morgan fingerprint density at radius 3 is 2.60 bits per heavy atom. The highest BCUT2D eigenvalue weighted by Gasteiger charge is 2.34. The van der Waals surface area contributed by atoms with Crippen molar-refractivity contribution in [2.75, 3.05) is 11.9 Å². The van der Waals surface area contributed by atoms with Crippen LogP contribution in [0.5, 0.6) is 0 Å². The number of aromatic nitrogens is 1. The molecule has 0 radical (unpaired) electrons. The second kappa shape index (κ2) is 10.4. The standard InChI is InChI=1S/C26H29F2N3O2S2/c27-25(28)19-7-6-17(13-29-19)31-23(34)10-15-3-8-21-18(9-15)24(26(33)30-12-14-1-2-14)22(35-21)11-20(32)16-4-5-16/h6-7,13-16,25H,1-5,8-12H2,(H,30,33)(H,31,34)/t15-/m0/s1. The van der Waals surface area contributed by atoms with E-state index in [0.29, 0.717) is 36.0 Å². The molecule has 2 aromatic rings. The largest absolute Gasteiger partial charge is 0.352 e. The molecule has 2 heterocycles. The molecule has 0 saturated heterocycles. The van der Waals surface area contributed by atoms with Crippen molar-refractivity contribution < 1.29 is 18.4 Å². The molecule has 1 amide bonds. The van der Waals surface area contributed by atoms with Crippen LogP contribution in [0.2, 0.25) is 0 Å². The van der Waals surface area contributed by atoms with Crippen molar-refractivity contribution in [3.8, 4) is 0 Å². The maximum absolute atomic E-state index is 13.2. The van der Waals surface area contributed by atoms with Crippen LogP contribution in [-0.2, 0) is 24.1 Å². The molecule has 0 aliphatic heterocycles. The molecular weight excluding hydrogens is 488 g/mol. The minimum atomic E-state index is -2.60. The number of ketones is 1. The summed E-state index contributed by atoms with van der Waals surface area (Å²) in [6, 6.07) is 2.86. The van der Waals surface area contributed by atoms with Gasteiger partial charge in [-0.15, -0.1) is 11.3 Å². The molecule has 1 atom stereocenters. The Labute approximate surface area is 213 Å². The molecule has 3 aliphatic carbocycles. The van der Waals surface area contributed by atoms with Crippen molar-refractivity contribution in [2.24, 2.45) is 17.8 Å². The van der Waals surface area contributed by atoms with E-state index in [2.05, 4.69) is 15.6 Å². The van der Waals surface area contributed by atoms with Gasteiger partial charge in [-0.1, -0.05) is 12.2 Å². The predicted octanol–water partition coefficient (Wildman–Crippen LogP) is 5.68. The first-order valence-corrected chi connectivity index (χ1v) is 13.6.